The van der Waals surface area contributed by atoms with E-state index in [0.29, 0.717) is 16.5 Å². The number of anilines is 1. The molecular weight excluding hydrogens is 286 g/mol. The van der Waals surface area contributed by atoms with Gasteiger partial charge in [0.05, 0.1) is 6.04 Å². The lowest BCUT2D eigenvalue weighted by molar-refractivity contribution is 0.548. The summed E-state index contributed by atoms with van der Waals surface area (Å²) < 4.78 is 1.75. The quantitative estimate of drug-likeness (QED) is 0.754. The van der Waals surface area contributed by atoms with E-state index < -0.39 is 0 Å². The van der Waals surface area contributed by atoms with E-state index in [1.165, 1.54) is 0 Å². The van der Waals surface area contributed by atoms with Gasteiger partial charge in [-0.1, -0.05) is 41.9 Å². The van der Waals surface area contributed by atoms with Crippen molar-refractivity contribution in [2.24, 2.45) is 0 Å². The molecule has 2 N–H and O–H groups in total. The van der Waals surface area contributed by atoms with Gasteiger partial charge in [-0.3, -0.25) is 0 Å². The summed E-state index contributed by atoms with van der Waals surface area (Å²) in [6.45, 7) is 2.01. The molecule has 0 radical (unpaired) electrons. The van der Waals surface area contributed by atoms with Gasteiger partial charge in [0.2, 0.25) is 0 Å². The molecule has 0 saturated carbocycles. The van der Waals surface area contributed by atoms with Crippen LogP contribution in [-0.2, 0) is 0 Å². The Morgan fingerprint density at radius 3 is 2.71 bits per heavy atom. The smallest absolute Gasteiger partial charge is 0.182 e. The third-order valence-electron chi connectivity index (χ3n) is 3.36. The summed E-state index contributed by atoms with van der Waals surface area (Å²) in [5.74, 6) is 0.662. The van der Waals surface area contributed by atoms with Gasteiger partial charge in [-0.05, 0) is 41.1 Å². The van der Waals surface area contributed by atoms with Crippen LogP contribution in [0.15, 0.2) is 48.5 Å². The van der Waals surface area contributed by atoms with Gasteiger partial charge < -0.3 is 5.73 Å². The van der Waals surface area contributed by atoms with Crippen LogP contribution in [0, 0.1) is 0 Å². The Hall–Kier alpha value is -2.40. The van der Waals surface area contributed by atoms with Gasteiger partial charge >= 0.3 is 0 Å². The van der Waals surface area contributed by atoms with Crippen LogP contribution in [0.1, 0.15) is 18.5 Å². The number of halogens is 1. The van der Waals surface area contributed by atoms with Crippen molar-refractivity contribution in [3.63, 3.8) is 0 Å². The Morgan fingerprint density at radius 2 is 1.95 bits per heavy atom. The fourth-order valence-corrected chi connectivity index (χ4v) is 2.56. The molecular formula is C15H14ClN5. The number of nitrogens with zero attached hydrogens (tertiary/aromatic N) is 4. The van der Waals surface area contributed by atoms with Gasteiger partial charge in [-0.2, -0.15) is 0 Å². The van der Waals surface area contributed by atoms with E-state index in [0.717, 1.165) is 11.1 Å². The predicted octanol–water partition coefficient (Wildman–Crippen LogP) is 3.19. The molecule has 106 valence electrons. The minimum absolute atomic E-state index is 0.0786. The van der Waals surface area contributed by atoms with Crippen LogP contribution in [0.2, 0.25) is 5.02 Å². The molecule has 0 amide bonds. The molecule has 0 bridgehead atoms. The van der Waals surface area contributed by atoms with Crippen molar-refractivity contribution < 1.29 is 0 Å². The Kier molecular flexibility index (Phi) is 3.58. The molecule has 0 fully saturated rings. The molecule has 1 aromatic heterocycles. The fraction of sp³-hybridized carbons (Fsp3) is 0.133. The van der Waals surface area contributed by atoms with Crippen LogP contribution in [0.3, 0.4) is 0 Å². The second-order valence-electron chi connectivity index (χ2n) is 4.77. The maximum Gasteiger partial charge on any atom is 0.182 e. The van der Waals surface area contributed by atoms with Crippen LogP contribution < -0.4 is 5.73 Å². The highest BCUT2D eigenvalue weighted by molar-refractivity contribution is 6.31. The molecule has 21 heavy (non-hydrogen) atoms. The van der Waals surface area contributed by atoms with E-state index in [4.69, 9.17) is 17.3 Å². The lowest BCUT2D eigenvalue weighted by Crippen LogP contribution is -2.11. The standard InChI is InChI=1S/C15H14ClN5/c1-10(13-7-2-3-8-14(13)16)21-15(18-19-20-21)11-5-4-6-12(17)9-11/h2-10H,17H2,1H3. The molecule has 0 aliphatic rings. The van der Waals surface area contributed by atoms with Crippen LogP contribution in [0.4, 0.5) is 5.69 Å². The number of tetrazole rings is 1. The number of hydrogen-bond acceptors (Lipinski definition) is 4. The van der Waals surface area contributed by atoms with Crippen molar-refractivity contribution >= 4 is 17.3 Å². The molecule has 6 heteroatoms. The second-order valence-corrected chi connectivity index (χ2v) is 5.18. The number of benzene rings is 2. The number of hydrogen-bond donors (Lipinski definition) is 1. The predicted molar refractivity (Wildman–Crippen MR) is 82.9 cm³/mol. The summed E-state index contributed by atoms with van der Waals surface area (Å²) in [4.78, 5) is 0. The Morgan fingerprint density at radius 1 is 1.14 bits per heavy atom. The van der Waals surface area contributed by atoms with Gasteiger partial charge in [0, 0.05) is 16.3 Å². The van der Waals surface area contributed by atoms with Gasteiger partial charge in [0.25, 0.3) is 0 Å². The molecule has 5 nitrogen and oxygen atoms in total. The number of rotatable bonds is 3. The lowest BCUT2D eigenvalue weighted by Gasteiger charge is -2.15. The normalized spacial score (nSPS) is 12.3. The third-order valence-corrected chi connectivity index (χ3v) is 3.70. The zero-order valence-electron chi connectivity index (χ0n) is 11.4. The zero-order valence-corrected chi connectivity index (χ0v) is 12.2. The maximum atomic E-state index is 6.26. The molecule has 0 saturated heterocycles. The topological polar surface area (TPSA) is 69.6 Å². The van der Waals surface area contributed by atoms with Crippen molar-refractivity contribution in [2.75, 3.05) is 5.73 Å². The Balaban J connectivity index is 2.05. The van der Waals surface area contributed by atoms with E-state index in [1.54, 1.807) is 4.68 Å². The first-order chi connectivity index (χ1) is 10.2. The van der Waals surface area contributed by atoms with Crippen molar-refractivity contribution in [3.05, 3.63) is 59.1 Å². The average molecular weight is 300 g/mol. The highest BCUT2D eigenvalue weighted by Crippen LogP contribution is 2.28. The summed E-state index contributed by atoms with van der Waals surface area (Å²) >= 11 is 6.26. The van der Waals surface area contributed by atoms with Crippen molar-refractivity contribution in [1.29, 1.82) is 0 Å². The minimum atomic E-state index is -0.0786. The van der Waals surface area contributed by atoms with E-state index >= 15 is 0 Å². The first-order valence-electron chi connectivity index (χ1n) is 6.55. The van der Waals surface area contributed by atoms with Crippen LogP contribution in [0.25, 0.3) is 11.4 Å². The summed E-state index contributed by atoms with van der Waals surface area (Å²) in [5.41, 5.74) is 8.34. The number of aromatic nitrogens is 4. The molecule has 1 unspecified atom stereocenters. The minimum Gasteiger partial charge on any atom is -0.399 e. The molecule has 0 aliphatic carbocycles. The highest BCUT2D eigenvalue weighted by atomic mass is 35.5. The number of nitrogen functional groups attached to an aromatic ring is 1. The van der Waals surface area contributed by atoms with Crippen LogP contribution in [0.5, 0.6) is 0 Å². The van der Waals surface area contributed by atoms with E-state index in [9.17, 15) is 0 Å². The molecule has 2 aromatic carbocycles. The highest BCUT2D eigenvalue weighted by Gasteiger charge is 2.18. The van der Waals surface area contributed by atoms with Crippen molar-refractivity contribution in [2.45, 2.75) is 13.0 Å². The Bertz CT molecular complexity index is 768. The Labute approximate surface area is 127 Å². The van der Waals surface area contributed by atoms with Gasteiger partial charge in [0.1, 0.15) is 0 Å². The van der Waals surface area contributed by atoms with Crippen LogP contribution in [-0.4, -0.2) is 20.2 Å². The lowest BCUT2D eigenvalue weighted by atomic mass is 10.1. The fourth-order valence-electron chi connectivity index (χ4n) is 2.27. The summed E-state index contributed by atoms with van der Waals surface area (Å²) in [6.07, 6.45) is 0. The molecule has 0 aliphatic heterocycles. The molecule has 1 heterocycles. The van der Waals surface area contributed by atoms with Crippen molar-refractivity contribution in [1.82, 2.24) is 20.2 Å². The summed E-state index contributed by atoms with van der Waals surface area (Å²) in [6, 6.07) is 15.1. The summed E-state index contributed by atoms with van der Waals surface area (Å²) in [5, 5.41) is 12.7. The van der Waals surface area contributed by atoms with Gasteiger partial charge in [-0.25, -0.2) is 4.68 Å². The van der Waals surface area contributed by atoms with Gasteiger partial charge in [0.15, 0.2) is 5.82 Å². The largest absolute Gasteiger partial charge is 0.399 e. The van der Waals surface area contributed by atoms with Crippen molar-refractivity contribution in [3.8, 4) is 11.4 Å². The molecule has 3 aromatic rings. The first kappa shape index (κ1) is 13.6. The van der Waals surface area contributed by atoms with Crippen LogP contribution >= 0.6 is 11.6 Å². The average Bonchev–Trinajstić information content (AvgIpc) is 2.96. The maximum absolute atomic E-state index is 6.26. The molecule has 1 atom stereocenters. The SMILES string of the molecule is CC(c1ccccc1Cl)n1nnnc1-c1cccc(N)c1. The van der Waals surface area contributed by atoms with Gasteiger partial charge in [-0.15, -0.1) is 5.10 Å². The zero-order chi connectivity index (χ0) is 14.8. The first-order valence-corrected chi connectivity index (χ1v) is 6.93. The molecule has 0 spiro atoms. The number of nitrogens with two attached hydrogens (primary N) is 1. The summed E-state index contributed by atoms with van der Waals surface area (Å²) in [7, 11) is 0. The monoisotopic (exact) mass is 299 g/mol. The molecule has 3 rings (SSSR count). The van der Waals surface area contributed by atoms with E-state index in [2.05, 4.69) is 15.5 Å². The van der Waals surface area contributed by atoms with E-state index in [1.807, 2.05) is 55.5 Å². The second kappa shape index (κ2) is 5.54. The van der Waals surface area contributed by atoms with E-state index in [-0.39, 0.29) is 6.04 Å². The third kappa shape index (κ3) is 2.60.